The van der Waals surface area contributed by atoms with E-state index in [-0.39, 0.29) is 5.91 Å². The molecule has 1 amide bonds. The maximum Gasteiger partial charge on any atom is 0.257 e. The molecule has 2 aromatic rings. The highest BCUT2D eigenvalue weighted by atomic mass is 35.5. The molecule has 3 nitrogen and oxygen atoms in total. The van der Waals surface area contributed by atoms with Gasteiger partial charge in [0, 0.05) is 29.1 Å². The van der Waals surface area contributed by atoms with Crippen LogP contribution in [0.15, 0.2) is 34.7 Å². The van der Waals surface area contributed by atoms with E-state index in [0.717, 1.165) is 36.0 Å². The van der Waals surface area contributed by atoms with Crippen LogP contribution in [0, 0.1) is 13.8 Å². The number of nitrogens with zero attached hydrogens (tertiary/aromatic N) is 1. The summed E-state index contributed by atoms with van der Waals surface area (Å²) in [4.78, 5) is 14.7. The Morgan fingerprint density at radius 2 is 2.09 bits per heavy atom. The number of hydrogen-bond donors (Lipinski definition) is 0. The molecule has 0 bridgehead atoms. The molecule has 1 aromatic carbocycles. The van der Waals surface area contributed by atoms with Crippen molar-refractivity contribution in [1.82, 2.24) is 4.90 Å². The summed E-state index contributed by atoms with van der Waals surface area (Å²) in [6.07, 6.45) is 0.913. The molecule has 0 unspecified atom stereocenters. The van der Waals surface area contributed by atoms with Gasteiger partial charge in [0.25, 0.3) is 5.91 Å². The molecule has 1 aliphatic rings. The third-order valence-electron chi connectivity index (χ3n) is 4.15. The smallest absolute Gasteiger partial charge is 0.257 e. The molecular formula is C18H20ClNO2S. The van der Waals surface area contributed by atoms with E-state index >= 15 is 0 Å². The van der Waals surface area contributed by atoms with Crippen LogP contribution in [0.2, 0.25) is 5.02 Å². The molecule has 122 valence electrons. The second kappa shape index (κ2) is 7.02. The van der Waals surface area contributed by atoms with Gasteiger partial charge < -0.3 is 9.32 Å². The van der Waals surface area contributed by atoms with Crippen molar-refractivity contribution in [2.45, 2.75) is 25.5 Å². The molecule has 0 radical (unpaired) electrons. The van der Waals surface area contributed by atoms with E-state index in [9.17, 15) is 4.79 Å². The first-order valence-electron chi connectivity index (χ1n) is 7.78. The van der Waals surface area contributed by atoms with Crippen molar-refractivity contribution in [1.29, 1.82) is 0 Å². The molecule has 1 aliphatic heterocycles. The van der Waals surface area contributed by atoms with Crippen LogP contribution < -0.4 is 0 Å². The van der Waals surface area contributed by atoms with E-state index in [2.05, 4.69) is 6.07 Å². The molecule has 23 heavy (non-hydrogen) atoms. The second-order valence-electron chi connectivity index (χ2n) is 5.79. The fourth-order valence-corrected chi connectivity index (χ4v) is 4.57. The largest absolute Gasteiger partial charge is 0.466 e. The van der Waals surface area contributed by atoms with Crippen molar-refractivity contribution in [3.63, 3.8) is 0 Å². The lowest BCUT2D eigenvalue weighted by Gasteiger charge is -2.20. The summed E-state index contributed by atoms with van der Waals surface area (Å²) in [6, 6.07) is 9.82. The molecule has 0 saturated carbocycles. The number of benzene rings is 1. The molecule has 0 N–H and O–H groups in total. The summed E-state index contributed by atoms with van der Waals surface area (Å²) >= 11 is 8.20. The predicted octanol–water partition coefficient (Wildman–Crippen LogP) is 4.87. The summed E-state index contributed by atoms with van der Waals surface area (Å²) in [5.74, 6) is 2.47. The maximum absolute atomic E-state index is 12.7. The molecular weight excluding hydrogens is 330 g/mol. The summed E-state index contributed by atoms with van der Waals surface area (Å²) in [6.45, 7) is 5.22. The first-order valence-corrected chi connectivity index (χ1v) is 9.21. The molecule has 1 atom stereocenters. The summed E-state index contributed by atoms with van der Waals surface area (Å²) in [7, 11) is 0. The van der Waals surface area contributed by atoms with Gasteiger partial charge >= 0.3 is 0 Å². The molecule has 5 heteroatoms. The van der Waals surface area contributed by atoms with Gasteiger partial charge in [-0.15, -0.1) is 0 Å². The summed E-state index contributed by atoms with van der Waals surface area (Å²) in [5, 5.41) is 1.15. The van der Waals surface area contributed by atoms with Gasteiger partial charge in [0.05, 0.1) is 5.56 Å². The maximum atomic E-state index is 12.7. The Hall–Kier alpha value is -1.39. The van der Waals surface area contributed by atoms with Gasteiger partial charge in [0.15, 0.2) is 0 Å². The Balaban J connectivity index is 1.73. The fraction of sp³-hybridized carbons (Fsp3) is 0.389. The van der Waals surface area contributed by atoms with Crippen molar-refractivity contribution in [2.75, 3.05) is 18.8 Å². The zero-order valence-electron chi connectivity index (χ0n) is 13.3. The summed E-state index contributed by atoms with van der Waals surface area (Å²) < 4.78 is 5.49. The van der Waals surface area contributed by atoms with Crippen LogP contribution >= 0.6 is 23.4 Å². The van der Waals surface area contributed by atoms with Gasteiger partial charge in [0.2, 0.25) is 0 Å². The lowest BCUT2D eigenvalue weighted by atomic mass is 10.1. The van der Waals surface area contributed by atoms with E-state index in [1.54, 1.807) is 0 Å². The molecule has 0 spiro atoms. The van der Waals surface area contributed by atoms with E-state index in [1.165, 1.54) is 5.56 Å². The predicted molar refractivity (Wildman–Crippen MR) is 95.4 cm³/mol. The van der Waals surface area contributed by atoms with Crippen LogP contribution in [0.3, 0.4) is 0 Å². The molecule has 1 saturated heterocycles. The highest BCUT2D eigenvalue weighted by Crippen LogP contribution is 2.38. The number of thioether (sulfide) groups is 1. The van der Waals surface area contributed by atoms with Crippen molar-refractivity contribution in [3.8, 4) is 0 Å². The van der Waals surface area contributed by atoms with Crippen LogP contribution in [-0.2, 0) is 0 Å². The Morgan fingerprint density at radius 1 is 1.30 bits per heavy atom. The lowest BCUT2D eigenvalue weighted by molar-refractivity contribution is 0.0765. The number of aryl methyl sites for hydroxylation is 2. The van der Waals surface area contributed by atoms with Crippen molar-refractivity contribution >= 4 is 29.3 Å². The number of furan rings is 1. The van der Waals surface area contributed by atoms with Crippen molar-refractivity contribution in [3.05, 3.63) is 58.0 Å². The van der Waals surface area contributed by atoms with Crippen molar-refractivity contribution < 1.29 is 9.21 Å². The van der Waals surface area contributed by atoms with E-state index in [0.29, 0.717) is 16.6 Å². The van der Waals surface area contributed by atoms with Crippen LogP contribution in [0.4, 0.5) is 0 Å². The molecule has 1 aromatic heterocycles. The summed E-state index contributed by atoms with van der Waals surface area (Å²) in [5.41, 5.74) is 1.85. The highest BCUT2D eigenvalue weighted by Gasteiger charge is 2.25. The van der Waals surface area contributed by atoms with E-state index in [4.69, 9.17) is 16.0 Å². The number of carbonyl (C=O) groups excluding carboxylic acids is 1. The Bertz CT molecular complexity index is 713. The van der Waals surface area contributed by atoms with Gasteiger partial charge in [-0.05, 0) is 38.0 Å². The van der Waals surface area contributed by atoms with Crippen LogP contribution in [0.25, 0.3) is 0 Å². The first-order chi connectivity index (χ1) is 11.1. The second-order valence-corrected chi connectivity index (χ2v) is 7.51. The van der Waals surface area contributed by atoms with Gasteiger partial charge in [0.1, 0.15) is 11.5 Å². The Morgan fingerprint density at radius 3 is 2.78 bits per heavy atom. The molecule has 0 aliphatic carbocycles. The zero-order valence-corrected chi connectivity index (χ0v) is 14.9. The SMILES string of the molecule is Cc1cc(C(=O)N2CCS[C@H](c3ccccc3Cl)CC2)c(C)o1. The number of amides is 1. The van der Waals surface area contributed by atoms with Gasteiger partial charge in [-0.3, -0.25) is 4.79 Å². The van der Waals surface area contributed by atoms with E-state index in [1.807, 2.05) is 54.8 Å². The lowest BCUT2D eigenvalue weighted by Crippen LogP contribution is -2.33. The topological polar surface area (TPSA) is 33.5 Å². The van der Waals surface area contributed by atoms with Crippen molar-refractivity contribution in [2.24, 2.45) is 0 Å². The minimum Gasteiger partial charge on any atom is -0.466 e. The third kappa shape index (κ3) is 3.59. The fourth-order valence-electron chi connectivity index (χ4n) is 2.97. The Labute approximate surface area is 146 Å². The van der Waals surface area contributed by atoms with Gasteiger partial charge in [-0.1, -0.05) is 29.8 Å². The van der Waals surface area contributed by atoms with Crippen LogP contribution in [-0.4, -0.2) is 29.6 Å². The zero-order chi connectivity index (χ0) is 16.4. The highest BCUT2D eigenvalue weighted by molar-refractivity contribution is 7.99. The van der Waals surface area contributed by atoms with Crippen LogP contribution in [0.5, 0.6) is 0 Å². The average Bonchev–Trinajstić information content (AvgIpc) is 2.74. The standard InChI is InChI=1S/C18H20ClNO2S/c1-12-11-15(13(2)22-12)18(21)20-8-7-17(23-10-9-20)14-5-3-4-6-16(14)19/h3-6,11,17H,7-10H2,1-2H3/t17-/m0/s1. The minimum atomic E-state index is 0.0692. The first kappa shape index (κ1) is 16.5. The van der Waals surface area contributed by atoms with Gasteiger partial charge in [-0.25, -0.2) is 0 Å². The normalized spacial score (nSPS) is 18.7. The molecule has 1 fully saturated rings. The van der Waals surface area contributed by atoms with Gasteiger partial charge in [-0.2, -0.15) is 11.8 Å². The third-order valence-corrected chi connectivity index (χ3v) is 5.81. The van der Waals surface area contributed by atoms with E-state index < -0.39 is 0 Å². The molecule has 2 heterocycles. The molecule has 3 rings (SSSR count). The quantitative estimate of drug-likeness (QED) is 0.775. The van der Waals surface area contributed by atoms with Crippen LogP contribution in [0.1, 0.15) is 39.1 Å². The number of hydrogen-bond acceptors (Lipinski definition) is 3. The number of halogens is 1. The number of rotatable bonds is 2. The average molecular weight is 350 g/mol. The minimum absolute atomic E-state index is 0.0692. The number of carbonyl (C=O) groups is 1. The Kier molecular flexibility index (Phi) is 5.02. The monoisotopic (exact) mass is 349 g/mol.